The first-order valence-corrected chi connectivity index (χ1v) is 11.1. The summed E-state index contributed by atoms with van der Waals surface area (Å²) in [5.74, 6) is -0.00826. The van der Waals surface area contributed by atoms with Gasteiger partial charge in [-0.1, -0.05) is 13.0 Å². The zero-order valence-electron chi connectivity index (χ0n) is 16.6. The molecule has 0 aliphatic heterocycles. The number of aromatic amines is 1. The number of hydrogen-bond donors (Lipinski definition) is 4. The highest BCUT2D eigenvalue weighted by Crippen LogP contribution is 2.26. The molecule has 2 aromatic rings. The molecule has 10 heteroatoms. The number of carbonyl (C=O) groups excluding carboxylic acids is 1. The van der Waals surface area contributed by atoms with Crippen molar-refractivity contribution < 1.29 is 17.9 Å². The van der Waals surface area contributed by atoms with Gasteiger partial charge in [-0.05, 0) is 54.9 Å². The summed E-state index contributed by atoms with van der Waals surface area (Å²) in [7, 11) is -2.44. The van der Waals surface area contributed by atoms with Gasteiger partial charge in [0.1, 0.15) is 10.6 Å². The molecule has 1 aromatic carbocycles. The predicted octanol–water partition coefficient (Wildman–Crippen LogP) is 2.01. The fourth-order valence-electron chi connectivity index (χ4n) is 2.60. The minimum Gasteiger partial charge on any atom is -0.492 e. The second-order valence-corrected chi connectivity index (χ2v) is 8.48. The highest BCUT2D eigenvalue weighted by molar-refractivity contribution is 7.92. The molecule has 158 valence electrons. The Morgan fingerprint density at radius 2 is 2.07 bits per heavy atom. The Morgan fingerprint density at radius 3 is 2.69 bits per heavy atom. The van der Waals surface area contributed by atoms with Crippen molar-refractivity contribution in [2.24, 2.45) is 0 Å². The van der Waals surface area contributed by atoms with Gasteiger partial charge in [-0.3, -0.25) is 9.52 Å². The summed E-state index contributed by atoms with van der Waals surface area (Å²) in [6.07, 6.45) is 4.35. The molecule has 8 nitrogen and oxygen atoms in total. The quantitative estimate of drug-likeness (QED) is 0.446. The highest BCUT2D eigenvalue weighted by Gasteiger charge is 2.22. The molecule has 1 atom stereocenters. The van der Waals surface area contributed by atoms with Crippen molar-refractivity contribution in [3.63, 3.8) is 0 Å². The van der Waals surface area contributed by atoms with Gasteiger partial charge in [-0.2, -0.15) is 0 Å². The Balaban J connectivity index is 2.22. The van der Waals surface area contributed by atoms with E-state index in [-0.39, 0.29) is 34.1 Å². The van der Waals surface area contributed by atoms with Crippen LogP contribution in [-0.2, 0) is 21.2 Å². The van der Waals surface area contributed by atoms with Crippen LogP contribution in [0.5, 0.6) is 5.75 Å². The molecule has 0 saturated carbocycles. The van der Waals surface area contributed by atoms with Crippen molar-refractivity contribution in [2.75, 3.05) is 13.7 Å². The standard InChI is InChI=1S/C19H26N4O4S2/c1-4-9-27-16-6-5-14(10-17(16)29(25,26)23-19(28)20-3)11-18(24)22-13(2)15-7-8-21-12-15/h5-8,10,12-13,21H,4,9,11H2,1-3H3,(H,22,24)(H2,20,23,28). The van der Waals surface area contributed by atoms with Crippen LogP contribution in [0.25, 0.3) is 0 Å². The largest absolute Gasteiger partial charge is 0.492 e. The summed E-state index contributed by atoms with van der Waals surface area (Å²) < 4.78 is 33.3. The van der Waals surface area contributed by atoms with Crippen molar-refractivity contribution in [3.05, 3.63) is 47.8 Å². The number of carbonyl (C=O) groups is 1. The monoisotopic (exact) mass is 438 g/mol. The van der Waals surface area contributed by atoms with Crippen molar-refractivity contribution in [1.82, 2.24) is 20.3 Å². The maximum absolute atomic E-state index is 12.7. The summed E-state index contributed by atoms with van der Waals surface area (Å²) in [6.45, 7) is 4.17. The lowest BCUT2D eigenvalue weighted by atomic mass is 10.1. The summed E-state index contributed by atoms with van der Waals surface area (Å²) in [4.78, 5) is 15.3. The van der Waals surface area contributed by atoms with E-state index in [1.807, 2.05) is 26.1 Å². The zero-order chi connectivity index (χ0) is 21.4. The van der Waals surface area contributed by atoms with Gasteiger partial charge in [0.15, 0.2) is 5.11 Å². The van der Waals surface area contributed by atoms with Crippen LogP contribution in [0.4, 0.5) is 0 Å². The van der Waals surface area contributed by atoms with Gasteiger partial charge in [0, 0.05) is 19.4 Å². The van der Waals surface area contributed by atoms with Gasteiger partial charge in [0.25, 0.3) is 10.0 Å². The summed E-state index contributed by atoms with van der Waals surface area (Å²) in [6, 6.07) is 6.39. The SMILES string of the molecule is CCCOc1ccc(CC(=O)NC(C)c2cc[nH]c2)cc1S(=O)(=O)NC(=S)NC. The van der Waals surface area contributed by atoms with Crippen molar-refractivity contribution in [2.45, 2.75) is 37.6 Å². The number of sulfonamides is 1. The topological polar surface area (TPSA) is 112 Å². The normalized spacial score (nSPS) is 12.1. The highest BCUT2D eigenvalue weighted by atomic mass is 32.2. The van der Waals surface area contributed by atoms with Gasteiger partial charge in [0.2, 0.25) is 5.91 Å². The van der Waals surface area contributed by atoms with Crippen LogP contribution in [0.2, 0.25) is 0 Å². The number of hydrogen-bond acceptors (Lipinski definition) is 5. The molecule has 0 aliphatic rings. The Bertz CT molecular complexity index is 943. The second-order valence-electron chi connectivity index (χ2n) is 6.42. The van der Waals surface area contributed by atoms with E-state index in [9.17, 15) is 13.2 Å². The maximum atomic E-state index is 12.7. The first kappa shape index (κ1) is 22.7. The number of aromatic nitrogens is 1. The van der Waals surface area contributed by atoms with E-state index in [0.29, 0.717) is 12.2 Å². The fraction of sp³-hybridized carbons (Fsp3) is 0.368. The molecule has 29 heavy (non-hydrogen) atoms. The Morgan fingerprint density at radius 1 is 1.31 bits per heavy atom. The Hall–Kier alpha value is -2.59. The zero-order valence-corrected chi connectivity index (χ0v) is 18.2. The number of ether oxygens (including phenoxy) is 1. The van der Waals surface area contributed by atoms with Gasteiger partial charge >= 0.3 is 0 Å². The van der Waals surface area contributed by atoms with Crippen LogP contribution in [0.15, 0.2) is 41.6 Å². The minimum atomic E-state index is -3.96. The molecule has 0 saturated heterocycles. The summed E-state index contributed by atoms with van der Waals surface area (Å²) in [5, 5.41) is 5.43. The maximum Gasteiger partial charge on any atom is 0.267 e. The van der Waals surface area contributed by atoms with Gasteiger partial charge in [-0.25, -0.2) is 8.42 Å². The van der Waals surface area contributed by atoms with E-state index < -0.39 is 10.0 Å². The van der Waals surface area contributed by atoms with Gasteiger partial charge < -0.3 is 20.4 Å². The molecule has 2 rings (SSSR count). The number of thiocarbonyl (C=S) groups is 1. The molecule has 0 aliphatic carbocycles. The first-order valence-electron chi connectivity index (χ1n) is 9.19. The van der Waals surface area contributed by atoms with Gasteiger partial charge in [-0.15, -0.1) is 0 Å². The van der Waals surface area contributed by atoms with E-state index in [1.54, 1.807) is 18.3 Å². The van der Waals surface area contributed by atoms with Crippen LogP contribution in [-0.4, -0.2) is 38.1 Å². The smallest absolute Gasteiger partial charge is 0.267 e. The predicted molar refractivity (Wildman–Crippen MR) is 115 cm³/mol. The van der Waals surface area contributed by atoms with Crippen LogP contribution >= 0.6 is 12.2 Å². The lowest BCUT2D eigenvalue weighted by Gasteiger charge is -2.16. The Labute approximate surface area is 176 Å². The molecule has 1 unspecified atom stereocenters. The van der Waals surface area contributed by atoms with Crippen LogP contribution in [0, 0.1) is 0 Å². The number of benzene rings is 1. The molecule has 0 spiro atoms. The number of rotatable bonds is 9. The van der Waals surface area contributed by atoms with E-state index in [0.717, 1.165) is 12.0 Å². The third kappa shape index (κ3) is 6.47. The lowest BCUT2D eigenvalue weighted by molar-refractivity contribution is -0.121. The second kappa shape index (κ2) is 10.3. The molecule has 1 heterocycles. The number of H-pyrrole nitrogens is 1. The number of amides is 1. The van der Waals surface area contributed by atoms with E-state index >= 15 is 0 Å². The van der Waals surface area contributed by atoms with E-state index in [2.05, 4.69) is 20.3 Å². The minimum absolute atomic E-state index is 0.0296. The molecular formula is C19H26N4O4S2. The average Bonchev–Trinajstić information content (AvgIpc) is 3.21. The first-order chi connectivity index (χ1) is 13.8. The molecule has 0 fully saturated rings. The Kier molecular flexibility index (Phi) is 8.03. The molecular weight excluding hydrogens is 412 g/mol. The molecule has 0 radical (unpaired) electrons. The third-order valence-corrected chi connectivity index (χ3v) is 5.88. The van der Waals surface area contributed by atoms with E-state index in [1.165, 1.54) is 13.1 Å². The molecule has 1 aromatic heterocycles. The summed E-state index contributed by atoms with van der Waals surface area (Å²) >= 11 is 4.91. The van der Waals surface area contributed by atoms with Crippen LogP contribution in [0.3, 0.4) is 0 Å². The third-order valence-electron chi connectivity index (χ3n) is 4.08. The lowest BCUT2D eigenvalue weighted by Crippen LogP contribution is -2.37. The van der Waals surface area contributed by atoms with Gasteiger partial charge in [0.05, 0.1) is 19.1 Å². The number of nitrogens with one attached hydrogen (secondary N) is 4. The van der Waals surface area contributed by atoms with E-state index in [4.69, 9.17) is 17.0 Å². The van der Waals surface area contributed by atoms with Crippen molar-refractivity contribution >= 4 is 33.3 Å². The average molecular weight is 439 g/mol. The summed E-state index contributed by atoms with van der Waals surface area (Å²) in [5.41, 5.74) is 1.50. The molecule has 1 amide bonds. The van der Waals surface area contributed by atoms with Crippen LogP contribution in [0.1, 0.15) is 37.4 Å². The van der Waals surface area contributed by atoms with Crippen molar-refractivity contribution in [3.8, 4) is 5.75 Å². The van der Waals surface area contributed by atoms with Crippen LogP contribution < -0.4 is 20.1 Å². The molecule has 0 bridgehead atoms. The molecule has 4 N–H and O–H groups in total. The fourth-order valence-corrected chi connectivity index (χ4v) is 4.08. The van der Waals surface area contributed by atoms with Crippen molar-refractivity contribution in [1.29, 1.82) is 0 Å².